The Bertz CT molecular complexity index is 715. The van der Waals surface area contributed by atoms with Crippen molar-refractivity contribution in [3.05, 3.63) is 39.5 Å². The Kier molecular flexibility index (Phi) is 5.12. The molecule has 6 nitrogen and oxygen atoms in total. The Morgan fingerprint density at radius 2 is 2.17 bits per heavy atom. The van der Waals surface area contributed by atoms with E-state index in [4.69, 9.17) is 0 Å². The number of aromatic amines is 1. The number of aromatic nitrogens is 3. The zero-order chi connectivity index (χ0) is 16.2. The molecule has 0 aliphatic heterocycles. The molecule has 1 aliphatic rings. The van der Waals surface area contributed by atoms with Crippen molar-refractivity contribution in [2.45, 2.75) is 48.2 Å². The van der Waals surface area contributed by atoms with Gasteiger partial charge in [0.05, 0.1) is 6.20 Å². The molecular weight excluding hydrogens is 332 g/mol. The predicted octanol–water partition coefficient (Wildman–Crippen LogP) is 2.37. The molecule has 8 heteroatoms. The van der Waals surface area contributed by atoms with Gasteiger partial charge in [-0.3, -0.25) is 9.59 Å². The largest absolute Gasteiger partial charge is 0.348 e. The second-order valence-corrected chi connectivity index (χ2v) is 8.02. The molecule has 0 saturated heterocycles. The summed E-state index contributed by atoms with van der Waals surface area (Å²) in [7, 11) is 0. The van der Waals surface area contributed by atoms with Gasteiger partial charge in [-0.2, -0.15) is 0 Å². The van der Waals surface area contributed by atoms with Crippen LogP contribution < -0.4 is 10.9 Å². The van der Waals surface area contributed by atoms with Gasteiger partial charge in [-0.25, -0.2) is 9.97 Å². The smallest absolute Gasteiger partial charge is 0.271 e. The zero-order valence-corrected chi connectivity index (χ0v) is 14.4. The summed E-state index contributed by atoms with van der Waals surface area (Å²) in [6.45, 7) is 2.01. The van der Waals surface area contributed by atoms with Crippen molar-refractivity contribution in [2.24, 2.45) is 0 Å². The minimum Gasteiger partial charge on any atom is -0.348 e. The van der Waals surface area contributed by atoms with Crippen LogP contribution in [0.4, 0.5) is 0 Å². The number of thioether (sulfide) groups is 1. The molecule has 1 fully saturated rings. The third kappa shape index (κ3) is 4.42. The molecule has 0 spiro atoms. The van der Waals surface area contributed by atoms with Crippen molar-refractivity contribution in [1.29, 1.82) is 0 Å². The maximum absolute atomic E-state index is 12.1. The molecule has 2 heterocycles. The molecule has 2 N–H and O–H groups in total. The second kappa shape index (κ2) is 7.27. The first kappa shape index (κ1) is 16.2. The molecule has 0 bridgehead atoms. The highest BCUT2D eigenvalue weighted by Crippen LogP contribution is 2.35. The summed E-state index contributed by atoms with van der Waals surface area (Å²) in [5.41, 5.74) is 1.02. The van der Waals surface area contributed by atoms with Crippen molar-refractivity contribution in [2.75, 3.05) is 0 Å². The van der Waals surface area contributed by atoms with E-state index in [1.54, 1.807) is 11.3 Å². The van der Waals surface area contributed by atoms with E-state index in [-0.39, 0.29) is 23.2 Å². The van der Waals surface area contributed by atoms with Gasteiger partial charge in [-0.1, -0.05) is 11.8 Å². The lowest BCUT2D eigenvalue weighted by Crippen LogP contribution is -2.38. The van der Waals surface area contributed by atoms with Crippen LogP contribution in [0.15, 0.2) is 26.9 Å². The van der Waals surface area contributed by atoms with Gasteiger partial charge in [0.2, 0.25) is 0 Å². The number of hydrogen-bond donors (Lipinski definition) is 2. The molecule has 2 aromatic rings. The summed E-state index contributed by atoms with van der Waals surface area (Å²) in [5, 5.41) is 5.64. The van der Waals surface area contributed by atoms with E-state index in [0.29, 0.717) is 5.25 Å². The Morgan fingerprint density at radius 3 is 2.78 bits per heavy atom. The number of nitrogens with one attached hydrogen (secondary N) is 2. The number of rotatable bonds is 4. The highest BCUT2D eigenvalue weighted by molar-refractivity contribution is 8.01. The summed E-state index contributed by atoms with van der Waals surface area (Å²) < 4.78 is 1.13. The summed E-state index contributed by atoms with van der Waals surface area (Å²) in [6.07, 6.45) is 6.51. The van der Waals surface area contributed by atoms with Crippen LogP contribution in [-0.4, -0.2) is 32.2 Å². The average Bonchev–Trinajstić information content (AvgIpc) is 2.95. The van der Waals surface area contributed by atoms with Gasteiger partial charge < -0.3 is 10.3 Å². The first-order valence-electron chi connectivity index (χ1n) is 7.54. The highest BCUT2D eigenvalue weighted by atomic mass is 32.2. The predicted molar refractivity (Wildman–Crippen MR) is 91.1 cm³/mol. The standard InChI is InChI=1S/C15H18N4O2S2/c1-9-8-22-15(18-9)23-11-4-2-10(3-5-11)19-14(21)12-6-17-13(20)7-16-12/h6-8,10-11H,2-5H2,1H3,(H,17,20)(H,19,21). The number of amides is 1. The molecule has 3 rings (SSSR count). The maximum Gasteiger partial charge on any atom is 0.271 e. The first-order valence-corrected chi connectivity index (χ1v) is 9.30. The fourth-order valence-electron chi connectivity index (χ4n) is 2.58. The molecule has 0 atom stereocenters. The summed E-state index contributed by atoms with van der Waals surface area (Å²) in [4.78, 5) is 33.9. The molecule has 122 valence electrons. The zero-order valence-electron chi connectivity index (χ0n) is 12.7. The van der Waals surface area contributed by atoms with Gasteiger partial charge in [0.15, 0.2) is 0 Å². The van der Waals surface area contributed by atoms with Crippen LogP contribution in [0, 0.1) is 6.92 Å². The van der Waals surface area contributed by atoms with Crippen LogP contribution in [0.2, 0.25) is 0 Å². The molecule has 0 radical (unpaired) electrons. The molecule has 23 heavy (non-hydrogen) atoms. The number of nitrogens with zero attached hydrogens (tertiary/aromatic N) is 2. The van der Waals surface area contributed by atoms with Gasteiger partial charge in [-0.05, 0) is 32.6 Å². The summed E-state index contributed by atoms with van der Waals surface area (Å²) in [6, 6.07) is 0.172. The van der Waals surface area contributed by atoms with Crippen molar-refractivity contribution in [3.8, 4) is 0 Å². The molecule has 0 aromatic carbocycles. The van der Waals surface area contributed by atoms with Crippen molar-refractivity contribution in [3.63, 3.8) is 0 Å². The quantitative estimate of drug-likeness (QED) is 0.884. The lowest BCUT2D eigenvalue weighted by Gasteiger charge is -2.28. The van der Waals surface area contributed by atoms with E-state index in [2.05, 4.69) is 25.6 Å². The third-order valence-electron chi connectivity index (χ3n) is 3.78. The van der Waals surface area contributed by atoms with Gasteiger partial charge in [0.25, 0.3) is 11.5 Å². The molecule has 1 aliphatic carbocycles. The van der Waals surface area contributed by atoms with E-state index in [9.17, 15) is 9.59 Å². The topological polar surface area (TPSA) is 87.7 Å². The fourth-order valence-corrected chi connectivity index (χ4v) is 4.87. The van der Waals surface area contributed by atoms with Crippen LogP contribution in [-0.2, 0) is 0 Å². The van der Waals surface area contributed by atoms with Gasteiger partial charge in [-0.15, -0.1) is 11.3 Å². The molecular formula is C15H18N4O2S2. The van der Waals surface area contributed by atoms with Crippen molar-refractivity contribution < 1.29 is 4.79 Å². The Balaban J connectivity index is 1.48. The van der Waals surface area contributed by atoms with Crippen LogP contribution in [0.5, 0.6) is 0 Å². The SMILES string of the molecule is Cc1csc(SC2CCC(NC(=O)c3c[nH]c(=O)cn3)CC2)n1. The molecule has 2 aromatic heterocycles. The number of thiazole rings is 1. The van der Waals surface area contributed by atoms with Crippen LogP contribution in [0.3, 0.4) is 0 Å². The highest BCUT2D eigenvalue weighted by Gasteiger charge is 2.24. The first-order chi connectivity index (χ1) is 11.1. The number of carbonyl (C=O) groups excluding carboxylic acids is 1. The summed E-state index contributed by atoms with van der Waals surface area (Å²) in [5.74, 6) is -0.229. The Hall–Kier alpha value is -1.67. The van der Waals surface area contributed by atoms with Gasteiger partial charge in [0, 0.05) is 28.6 Å². The number of aryl methyl sites for hydroxylation is 1. The molecule has 1 saturated carbocycles. The lowest BCUT2D eigenvalue weighted by molar-refractivity contribution is 0.0922. The monoisotopic (exact) mass is 350 g/mol. The second-order valence-electron chi connectivity index (χ2n) is 5.62. The summed E-state index contributed by atoms with van der Waals surface area (Å²) >= 11 is 3.54. The third-order valence-corrected chi connectivity index (χ3v) is 6.21. The Morgan fingerprint density at radius 1 is 1.39 bits per heavy atom. The number of H-pyrrole nitrogens is 1. The van der Waals surface area contributed by atoms with E-state index in [1.807, 2.05) is 18.7 Å². The van der Waals surface area contributed by atoms with E-state index in [0.717, 1.165) is 41.9 Å². The molecule has 0 unspecified atom stereocenters. The van der Waals surface area contributed by atoms with E-state index in [1.165, 1.54) is 6.20 Å². The number of hydrogen-bond acceptors (Lipinski definition) is 6. The van der Waals surface area contributed by atoms with E-state index >= 15 is 0 Å². The minimum atomic E-state index is -0.309. The minimum absolute atomic E-state index is 0.172. The van der Waals surface area contributed by atoms with Crippen LogP contribution in [0.25, 0.3) is 0 Å². The Labute approximate surface area is 142 Å². The lowest BCUT2D eigenvalue weighted by atomic mass is 9.95. The van der Waals surface area contributed by atoms with Crippen LogP contribution >= 0.6 is 23.1 Å². The van der Waals surface area contributed by atoms with E-state index < -0.39 is 0 Å². The van der Waals surface area contributed by atoms with Crippen molar-refractivity contribution in [1.82, 2.24) is 20.3 Å². The number of carbonyl (C=O) groups is 1. The van der Waals surface area contributed by atoms with Crippen LogP contribution in [0.1, 0.15) is 41.9 Å². The fraction of sp³-hybridized carbons (Fsp3) is 0.467. The normalized spacial score (nSPS) is 21.1. The maximum atomic E-state index is 12.1. The van der Waals surface area contributed by atoms with Gasteiger partial charge in [0.1, 0.15) is 10.0 Å². The van der Waals surface area contributed by atoms with Gasteiger partial charge >= 0.3 is 0 Å². The van der Waals surface area contributed by atoms with Crippen molar-refractivity contribution >= 4 is 29.0 Å². The average molecular weight is 350 g/mol. The molecule has 1 amide bonds.